The molecule has 0 atom stereocenters. The molecule has 0 bridgehead atoms. The molecule has 3 heterocycles. The normalized spacial score (nSPS) is 22.5. The molecule has 1 fully saturated rings. The van der Waals surface area contributed by atoms with Gasteiger partial charge in [0.25, 0.3) is 11.1 Å². The Kier molecular flexibility index (Phi) is 7.25. The van der Waals surface area contributed by atoms with Crippen LogP contribution < -0.4 is 15.0 Å². The zero-order valence-electron chi connectivity index (χ0n) is 20.3. The van der Waals surface area contributed by atoms with Crippen molar-refractivity contribution in [3.63, 3.8) is 0 Å². The Bertz CT molecular complexity index is 1030. The van der Waals surface area contributed by atoms with E-state index in [0.29, 0.717) is 11.1 Å². The molecule has 1 aromatic carbocycles. The fourth-order valence-electron chi connectivity index (χ4n) is 5.43. The van der Waals surface area contributed by atoms with Gasteiger partial charge in [-0.1, -0.05) is 29.5 Å². The maximum absolute atomic E-state index is 13.1. The molecular weight excluding hydrogens is 470 g/mol. The Morgan fingerprint density at radius 2 is 2.00 bits per heavy atom. The van der Waals surface area contributed by atoms with Gasteiger partial charge in [0.05, 0.1) is 5.69 Å². The van der Waals surface area contributed by atoms with E-state index in [2.05, 4.69) is 21.3 Å². The van der Waals surface area contributed by atoms with Crippen LogP contribution in [0.4, 0.5) is 19.3 Å². The lowest BCUT2D eigenvalue weighted by Gasteiger charge is -2.32. The number of benzene rings is 1. The predicted octanol–water partition coefficient (Wildman–Crippen LogP) is 5.26. The minimum atomic E-state index is -2.85. The number of nitrogens with one attached hydrogen (secondary N) is 1. The number of urea groups is 1. The molecule has 0 saturated heterocycles. The van der Waals surface area contributed by atoms with Crippen LogP contribution in [0.1, 0.15) is 55.2 Å². The number of ether oxygens (including phenoxy) is 1. The summed E-state index contributed by atoms with van der Waals surface area (Å²) in [6.07, 6.45) is 7.32. The monoisotopic (exact) mass is 504 g/mol. The second-order valence-electron chi connectivity index (χ2n) is 10.2. The Labute approximate surface area is 209 Å². The Hall–Kier alpha value is -2.26. The van der Waals surface area contributed by atoms with Gasteiger partial charge in [0.1, 0.15) is 0 Å². The number of nitrogens with zero attached hydrogens (tertiary/aromatic N) is 3. The molecule has 2 aromatic rings. The molecule has 5 rings (SSSR count). The number of carbonyl (C=O) groups excluding carboxylic acids is 1. The minimum Gasteiger partial charge on any atom is -0.464 e. The first-order valence-electron chi connectivity index (χ1n) is 12.7. The molecule has 9 heteroatoms. The quantitative estimate of drug-likeness (QED) is 0.559. The Balaban J connectivity index is 1.03. The van der Waals surface area contributed by atoms with Crippen molar-refractivity contribution in [2.45, 2.75) is 70.4 Å². The summed E-state index contributed by atoms with van der Waals surface area (Å²) in [7, 11) is 0. The molecule has 2 aliphatic heterocycles. The van der Waals surface area contributed by atoms with Crippen molar-refractivity contribution in [3.05, 3.63) is 40.4 Å². The number of amides is 2. The largest absolute Gasteiger partial charge is 0.464 e. The first kappa shape index (κ1) is 24.4. The van der Waals surface area contributed by atoms with E-state index in [1.807, 2.05) is 23.1 Å². The molecule has 3 aliphatic rings. The highest BCUT2D eigenvalue weighted by atomic mass is 32.1. The van der Waals surface area contributed by atoms with Crippen molar-refractivity contribution in [2.24, 2.45) is 5.92 Å². The van der Waals surface area contributed by atoms with Gasteiger partial charge in [-0.25, -0.2) is 18.6 Å². The number of rotatable bonds is 7. The van der Waals surface area contributed by atoms with Crippen LogP contribution in [-0.2, 0) is 19.4 Å². The summed E-state index contributed by atoms with van der Waals surface area (Å²) in [5.41, 5.74) is 3.27. The van der Waals surface area contributed by atoms with E-state index >= 15 is 0 Å². The molecule has 35 heavy (non-hydrogen) atoms. The van der Waals surface area contributed by atoms with Crippen LogP contribution in [0, 0.1) is 5.92 Å². The van der Waals surface area contributed by atoms with Gasteiger partial charge in [0, 0.05) is 43.2 Å². The average molecular weight is 505 g/mol. The molecule has 1 saturated carbocycles. The standard InChI is InChI=1S/C26H34F2N4O2S/c1-26(27,28)17-34-25-30-21-16-31(14-12-23(21)35-25)13-10-18-6-8-20(9-7-18)29-24(33)32-15-11-19-4-2-3-5-22(19)32/h2-5,18,20H,6-17H2,1H3,(H,29,33)/t18-,20-. The third kappa shape index (κ3) is 6.12. The van der Waals surface area contributed by atoms with Crippen LogP contribution in [0.3, 0.4) is 0 Å². The number of aromatic nitrogens is 1. The first-order valence-corrected chi connectivity index (χ1v) is 13.5. The molecule has 1 aromatic heterocycles. The van der Waals surface area contributed by atoms with Crippen LogP contribution in [0.2, 0.25) is 0 Å². The number of fused-ring (bicyclic) bond motifs is 2. The summed E-state index contributed by atoms with van der Waals surface area (Å²) in [6.45, 7) is 3.75. The van der Waals surface area contributed by atoms with Gasteiger partial charge in [-0.05, 0) is 69.0 Å². The van der Waals surface area contributed by atoms with Crippen LogP contribution in [-0.4, -0.2) is 54.1 Å². The van der Waals surface area contributed by atoms with Crippen molar-refractivity contribution >= 4 is 23.1 Å². The van der Waals surface area contributed by atoms with Gasteiger partial charge in [0.15, 0.2) is 6.61 Å². The number of hydrogen-bond donors (Lipinski definition) is 1. The molecule has 1 N–H and O–H groups in total. The smallest absolute Gasteiger partial charge is 0.322 e. The molecule has 0 spiro atoms. The molecule has 0 radical (unpaired) electrons. The molecule has 6 nitrogen and oxygen atoms in total. The SMILES string of the molecule is CC(F)(F)COc1nc2c(s1)CCN(CC[C@H]1CC[C@H](NC(=O)N3CCc4ccccc43)CC1)C2. The highest BCUT2D eigenvalue weighted by molar-refractivity contribution is 7.13. The van der Waals surface area contributed by atoms with Gasteiger partial charge in [-0.2, -0.15) is 0 Å². The molecule has 2 amide bonds. The van der Waals surface area contributed by atoms with E-state index in [1.165, 1.54) is 16.9 Å². The van der Waals surface area contributed by atoms with Crippen LogP contribution in [0.15, 0.2) is 24.3 Å². The van der Waals surface area contributed by atoms with Crippen molar-refractivity contribution in [3.8, 4) is 5.19 Å². The van der Waals surface area contributed by atoms with Crippen LogP contribution in [0.5, 0.6) is 5.19 Å². The number of thiazole rings is 1. The molecule has 0 unspecified atom stereocenters. The van der Waals surface area contributed by atoms with Crippen molar-refractivity contribution < 1.29 is 18.3 Å². The third-order valence-corrected chi connectivity index (χ3v) is 8.47. The topological polar surface area (TPSA) is 57.7 Å². The van der Waals surface area contributed by atoms with E-state index in [9.17, 15) is 13.6 Å². The third-order valence-electron chi connectivity index (χ3n) is 7.40. The van der Waals surface area contributed by atoms with Gasteiger partial charge < -0.3 is 10.1 Å². The maximum atomic E-state index is 13.1. The molecular formula is C26H34F2N4O2S. The zero-order chi connectivity index (χ0) is 24.4. The van der Waals surface area contributed by atoms with Gasteiger partial charge in [-0.3, -0.25) is 9.80 Å². The van der Waals surface area contributed by atoms with Crippen molar-refractivity contribution in [2.75, 3.05) is 31.1 Å². The summed E-state index contributed by atoms with van der Waals surface area (Å²) >= 11 is 1.40. The Morgan fingerprint density at radius 1 is 1.20 bits per heavy atom. The zero-order valence-corrected chi connectivity index (χ0v) is 21.1. The second kappa shape index (κ2) is 10.4. The van der Waals surface area contributed by atoms with Gasteiger partial charge >= 0.3 is 6.03 Å². The highest BCUT2D eigenvalue weighted by Crippen LogP contribution is 2.33. The van der Waals surface area contributed by atoms with E-state index < -0.39 is 12.5 Å². The number of anilines is 1. The van der Waals surface area contributed by atoms with E-state index in [-0.39, 0.29) is 12.1 Å². The lowest BCUT2D eigenvalue weighted by atomic mass is 9.84. The van der Waals surface area contributed by atoms with Crippen molar-refractivity contribution in [1.82, 2.24) is 15.2 Å². The first-order chi connectivity index (χ1) is 16.8. The van der Waals surface area contributed by atoms with Gasteiger partial charge in [-0.15, -0.1) is 0 Å². The number of halogens is 2. The lowest BCUT2D eigenvalue weighted by molar-refractivity contribution is -0.0230. The van der Waals surface area contributed by atoms with Crippen molar-refractivity contribution in [1.29, 1.82) is 0 Å². The number of carbonyl (C=O) groups is 1. The lowest BCUT2D eigenvalue weighted by Crippen LogP contribution is -2.45. The number of para-hydroxylation sites is 1. The summed E-state index contributed by atoms with van der Waals surface area (Å²) in [6, 6.07) is 8.46. The highest BCUT2D eigenvalue weighted by Gasteiger charge is 2.29. The molecule has 1 aliphatic carbocycles. The van der Waals surface area contributed by atoms with Gasteiger partial charge in [0.2, 0.25) is 0 Å². The van der Waals surface area contributed by atoms with Crippen LogP contribution >= 0.6 is 11.3 Å². The second-order valence-corrected chi connectivity index (χ2v) is 11.3. The molecule has 190 valence electrons. The summed E-state index contributed by atoms with van der Waals surface area (Å²) in [4.78, 5) is 22.8. The number of alkyl halides is 2. The maximum Gasteiger partial charge on any atom is 0.322 e. The van der Waals surface area contributed by atoms with E-state index in [0.717, 1.165) is 94.3 Å². The van der Waals surface area contributed by atoms with E-state index in [1.54, 1.807) is 0 Å². The van der Waals surface area contributed by atoms with E-state index in [4.69, 9.17) is 4.74 Å². The fraction of sp³-hybridized carbons (Fsp3) is 0.615. The number of hydrogen-bond acceptors (Lipinski definition) is 5. The average Bonchev–Trinajstić information content (AvgIpc) is 3.45. The fourth-order valence-corrected chi connectivity index (χ4v) is 6.34. The predicted molar refractivity (Wildman–Crippen MR) is 134 cm³/mol. The summed E-state index contributed by atoms with van der Waals surface area (Å²) in [5.74, 6) is -2.17. The summed E-state index contributed by atoms with van der Waals surface area (Å²) in [5, 5.41) is 3.63. The van der Waals surface area contributed by atoms with Crippen LogP contribution in [0.25, 0.3) is 0 Å². The Morgan fingerprint density at radius 3 is 2.80 bits per heavy atom. The minimum absolute atomic E-state index is 0.0387. The summed E-state index contributed by atoms with van der Waals surface area (Å²) < 4.78 is 31.3.